The minimum absolute atomic E-state index is 0.353. The number of carbonyl (C=O) groups is 2. The number of aryl methyl sites for hydroxylation is 2. The third-order valence-electron chi connectivity index (χ3n) is 3.87. The average molecular weight is 333 g/mol. The Balaban J connectivity index is 1.75. The topological polar surface area (TPSA) is 64.0 Å². The normalized spacial score (nSPS) is 10.5. The number of amides is 1. The van der Waals surface area contributed by atoms with Crippen molar-refractivity contribution in [2.75, 3.05) is 5.32 Å². The van der Waals surface area contributed by atoms with Gasteiger partial charge in [-0.15, -0.1) is 0 Å². The molecule has 25 heavy (non-hydrogen) atoms. The SMILES string of the molecule is Cc1ccc(Cn2cccc2C(=O)C(=O)Nc2cccc(C)n2)cc1. The number of rotatable bonds is 5. The monoisotopic (exact) mass is 333 g/mol. The van der Waals surface area contributed by atoms with Crippen molar-refractivity contribution >= 4 is 17.5 Å². The number of carbonyl (C=O) groups excluding carboxylic acids is 2. The van der Waals surface area contributed by atoms with Gasteiger partial charge in [-0.2, -0.15) is 0 Å². The van der Waals surface area contributed by atoms with Gasteiger partial charge in [-0.25, -0.2) is 4.98 Å². The first-order valence-corrected chi connectivity index (χ1v) is 8.03. The molecule has 0 aliphatic carbocycles. The molecule has 0 fully saturated rings. The molecule has 1 amide bonds. The van der Waals surface area contributed by atoms with Crippen LogP contribution in [0, 0.1) is 13.8 Å². The quantitative estimate of drug-likeness (QED) is 0.575. The van der Waals surface area contributed by atoms with Gasteiger partial charge in [0.1, 0.15) is 5.82 Å². The summed E-state index contributed by atoms with van der Waals surface area (Å²) in [6.07, 6.45) is 1.80. The van der Waals surface area contributed by atoms with Gasteiger partial charge in [-0.05, 0) is 43.7 Å². The summed E-state index contributed by atoms with van der Waals surface area (Å²) < 4.78 is 1.77. The van der Waals surface area contributed by atoms with Gasteiger partial charge in [0.25, 0.3) is 11.7 Å². The van der Waals surface area contributed by atoms with Crippen LogP contribution in [0.3, 0.4) is 0 Å². The lowest BCUT2D eigenvalue weighted by molar-refractivity contribution is -0.112. The van der Waals surface area contributed by atoms with E-state index in [0.29, 0.717) is 18.1 Å². The van der Waals surface area contributed by atoms with Gasteiger partial charge >= 0.3 is 0 Å². The summed E-state index contributed by atoms with van der Waals surface area (Å²) in [6.45, 7) is 4.38. The second kappa shape index (κ2) is 7.13. The number of benzene rings is 1. The molecule has 0 aliphatic heterocycles. The number of nitrogens with zero attached hydrogens (tertiary/aromatic N) is 2. The molecule has 126 valence electrons. The van der Waals surface area contributed by atoms with Crippen molar-refractivity contribution in [3.05, 3.63) is 83.3 Å². The lowest BCUT2D eigenvalue weighted by Crippen LogP contribution is -2.25. The highest BCUT2D eigenvalue weighted by atomic mass is 16.2. The lowest BCUT2D eigenvalue weighted by atomic mass is 10.1. The van der Waals surface area contributed by atoms with Gasteiger partial charge in [0, 0.05) is 18.4 Å². The number of aromatic nitrogens is 2. The zero-order valence-electron chi connectivity index (χ0n) is 14.2. The molecule has 0 spiro atoms. The summed E-state index contributed by atoms with van der Waals surface area (Å²) >= 11 is 0. The number of ketones is 1. The fourth-order valence-corrected chi connectivity index (χ4v) is 2.55. The molecule has 5 heteroatoms. The predicted molar refractivity (Wildman–Crippen MR) is 96.6 cm³/mol. The first kappa shape index (κ1) is 16.6. The third kappa shape index (κ3) is 4.01. The van der Waals surface area contributed by atoms with Crippen LogP contribution in [0.25, 0.3) is 0 Å². The molecule has 0 atom stereocenters. The molecule has 0 saturated carbocycles. The number of pyridine rings is 1. The zero-order chi connectivity index (χ0) is 17.8. The van der Waals surface area contributed by atoms with Crippen LogP contribution < -0.4 is 5.32 Å². The Morgan fingerprint density at radius 2 is 1.76 bits per heavy atom. The standard InChI is InChI=1S/C20H19N3O2/c1-14-8-10-16(11-9-14)13-23-12-4-6-17(23)19(24)20(25)22-18-7-3-5-15(2)21-18/h3-12H,13H2,1-2H3,(H,21,22,25). The number of anilines is 1. The summed E-state index contributed by atoms with van der Waals surface area (Å²) in [5.74, 6) is -0.905. The Kier molecular flexibility index (Phi) is 4.75. The van der Waals surface area contributed by atoms with Gasteiger partial charge in [0.05, 0.1) is 5.69 Å². The fourth-order valence-electron chi connectivity index (χ4n) is 2.55. The van der Waals surface area contributed by atoms with E-state index in [0.717, 1.165) is 11.3 Å². The van der Waals surface area contributed by atoms with Crippen molar-refractivity contribution < 1.29 is 9.59 Å². The van der Waals surface area contributed by atoms with E-state index in [1.54, 1.807) is 35.0 Å². The first-order chi connectivity index (χ1) is 12.0. The maximum Gasteiger partial charge on any atom is 0.299 e. The molecular formula is C20H19N3O2. The fraction of sp³-hybridized carbons (Fsp3) is 0.150. The van der Waals surface area contributed by atoms with E-state index in [9.17, 15) is 9.59 Å². The van der Waals surface area contributed by atoms with E-state index in [1.807, 2.05) is 44.2 Å². The number of hydrogen-bond donors (Lipinski definition) is 1. The maximum atomic E-state index is 12.5. The van der Waals surface area contributed by atoms with Crippen molar-refractivity contribution in [2.45, 2.75) is 20.4 Å². The van der Waals surface area contributed by atoms with Crippen LogP contribution in [-0.2, 0) is 11.3 Å². The molecule has 0 bridgehead atoms. The smallest absolute Gasteiger partial charge is 0.299 e. The maximum absolute atomic E-state index is 12.5. The van der Waals surface area contributed by atoms with Crippen LogP contribution in [-0.4, -0.2) is 21.2 Å². The number of nitrogens with one attached hydrogen (secondary N) is 1. The molecule has 0 aliphatic rings. The van der Waals surface area contributed by atoms with Crippen molar-refractivity contribution in [3.8, 4) is 0 Å². The molecule has 2 aromatic heterocycles. The molecule has 3 rings (SSSR count). The van der Waals surface area contributed by atoms with E-state index in [4.69, 9.17) is 0 Å². The zero-order valence-corrected chi connectivity index (χ0v) is 14.2. The average Bonchev–Trinajstić information content (AvgIpc) is 3.04. The van der Waals surface area contributed by atoms with Crippen LogP contribution in [0.15, 0.2) is 60.8 Å². The number of hydrogen-bond acceptors (Lipinski definition) is 3. The van der Waals surface area contributed by atoms with Crippen molar-refractivity contribution in [2.24, 2.45) is 0 Å². The Hall–Kier alpha value is -3.21. The minimum atomic E-state index is -0.693. The highest BCUT2D eigenvalue weighted by Gasteiger charge is 2.20. The highest BCUT2D eigenvalue weighted by Crippen LogP contribution is 2.11. The van der Waals surface area contributed by atoms with E-state index in [1.165, 1.54) is 5.56 Å². The Morgan fingerprint density at radius 3 is 2.48 bits per heavy atom. The molecular weight excluding hydrogens is 314 g/mol. The van der Waals surface area contributed by atoms with E-state index in [2.05, 4.69) is 10.3 Å². The largest absolute Gasteiger partial charge is 0.340 e. The summed E-state index contributed by atoms with van der Waals surface area (Å²) in [5.41, 5.74) is 3.37. The predicted octanol–water partition coefficient (Wildman–Crippen LogP) is 3.37. The Labute approximate surface area is 146 Å². The molecule has 5 nitrogen and oxygen atoms in total. The molecule has 1 aromatic carbocycles. The van der Waals surface area contributed by atoms with Crippen molar-refractivity contribution in [1.82, 2.24) is 9.55 Å². The second-order valence-electron chi connectivity index (χ2n) is 5.95. The number of Topliss-reactive ketones (excluding diaryl/α,β-unsaturated/α-hetero) is 1. The summed E-state index contributed by atoms with van der Waals surface area (Å²) in [4.78, 5) is 28.9. The van der Waals surface area contributed by atoms with E-state index in [-0.39, 0.29) is 0 Å². The highest BCUT2D eigenvalue weighted by molar-refractivity contribution is 6.46. The van der Waals surface area contributed by atoms with Gasteiger partial charge in [0.15, 0.2) is 0 Å². The van der Waals surface area contributed by atoms with Crippen molar-refractivity contribution in [1.29, 1.82) is 0 Å². The second-order valence-corrected chi connectivity index (χ2v) is 5.95. The van der Waals surface area contributed by atoms with Crippen LogP contribution in [0.2, 0.25) is 0 Å². The summed E-state index contributed by atoms with van der Waals surface area (Å²) in [7, 11) is 0. The van der Waals surface area contributed by atoms with Gasteiger partial charge in [-0.1, -0.05) is 35.9 Å². The van der Waals surface area contributed by atoms with Crippen LogP contribution in [0.5, 0.6) is 0 Å². The summed E-state index contributed by atoms with van der Waals surface area (Å²) in [5, 5.41) is 2.56. The molecule has 3 aromatic rings. The molecule has 0 saturated heterocycles. The van der Waals surface area contributed by atoms with E-state index < -0.39 is 11.7 Å². The Morgan fingerprint density at radius 1 is 1.00 bits per heavy atom. The summed E-state index contributed by atoms with van der Waals surface area (Å²) in [6, 6.07) is 16.8. The van der Waals surface area contributed by atoms with Crippen LogP contribution >= 0.6 is 0 Å². The van der Waals surface area contributed by atoms with Crippen LogP contribution in [0.1, 0.15) is 27.3 Å². The van der Waals surface area contributed by atoms with E-state index >= 15 is 0 Å². The molecule has 0 radical (unpaired) electrons. The molecule has 1 N–H and O–H groups in total. The van der Waals surface area contributed by atoms with Gasteiger partial charge in [0.2, 0.25) is 0 Å². The lowest BCUT2D eigenvalue weighted by Gasteiger charge is -2.09. The molecule has 2 heterocycles. The molecule has 0 unspecified atom stereocenters. The van der Waals surface area contributed by atoms with Crippen LogP contribution in [0.4, 0.5) is 5.82 Å². The van der Waals surface area contributed by atoms with Gasteiger partial charge < -0.3 is 9.88 Å². The van der Waals surface area contributed by atoms with Crippen molar-refractivity contribution in [3.63, 3.8) is 0 Å². The first-order valence-electron chi connectivity index (χ1n) is 8.03. The van der Waals surface area contributed by atoms with Gasteiger partial charge in [-0.3, -0.25) is 9.59 Å². The third-order valence-corrected chi connectivity index (χ3v) is 3.87. The Bertz CT molecular complexity index is 911. The minimum Gasteiger partial charge on any atom is -0.340 e.